The van der Waals surface area contributed by atoms with E-state index in [-0.39, 0.29) is 5.92 Å². The summed E-state index contributed by atoms with van der Waals surface area (Å²) in [5.74, 6) is 1.45. The maximum Gasteiger partial charge on any atom is 0.225 e. The molecular formula is C31H34N4O2. The second kappa shape index (κ2) is 10.0. The van der Waals surface area contributed by atoms with Gasteiger partial charge >= 0.3 is 0 Å². The van der Waals surface area contributed by atoms with Gasteiger partial charge < -0.3 is 14.0 Å². The Balaban J connectivity index is 1.34. The van der Waals surface area contributed by atoms with E-state index in [0.29, 0.717) is 5.91 Å². The van der Waals surface area contributed by atoms with Gasteiger partial charge in [-0.2, -0.15) is 0 Å². The van der Waals surface area contributed by atoms with Gasteiger partial charge in [0.1, 0.15) is 11.4 Å². The first-order valence-electron chi connectivity index (χ1n) is 13.3. The highest BCUT2D eigenvalue weighted by Gasteiger charge is 2.31. The number of hydrogen-bond donors (Lipinski definition) is 0. The third kappa shape index (κ3) is 4.74. The summed E-state index contributed by atoms with van der Waals surface area (Å²) >= 11 is 0. The number of fused-ring (bicyclic) bond motifs is 1. The fraction of sp³-hybridized carbons (Fsp3) is 0.355. The van der Waals surface area contributed by atoms with Gasteiger partial charge in [0.15, 0.2) is 0 Å². The molecule has 190 valence electrons. The summed E-state index contributed by atoms with van der Waals surface area (Å²) in [6.07, 6.45) is 5.54. The molecule has 1 aliphatic carbocycles. The second-order valence-electron chi connectivity index (χ2n) is 10.4. The van der Waals surface area contributed by atoms with Gasteiger partial charge in [-0.15, -0.1) is 0 Å². The van der Waals surface area contributed by atoms with Crippen molar-refractivity contribution in [2.24, 2.45) is 5.92 Å². The van der Waals surface area contributed by atoms with E-state index in [4.69, 9.17) is 9.72 Å². The number of pyridine rings is 1. The molecule has 6 nitrogen and oxygen atoms in total. The van der Waals surface area contributed by atoms with Crippen LogP contribution >= 0.6 is 0 Å². The predicted molar refractivity (Wildman–Crippen MR) is 147 cm³/mol. The normalized spacial score (nSPS) is 16.6. The molecule has 37 heavy (non-hydrogen) atoms. The summed E-state index contributed by atoms with van der Waals surface area (Å²) in [5.41, 5.74) is 7.74. The zero-order chi connectivity index (χ0) is 25.4. The van der Waals surface area contributed by atoms with Crippen molar-refractivity contribution in [3.05, 3.63) is 78.1 Å². The molecule has 6 heteroatoms. The number of imidazole rings is 1. The number of benzene rings is 2. The average Bonchev–Trinajstić information content (AvgIpc) is 3.25. The van der Waals surface area contributed by atoms with E-state index in [1.54, 1.807) is 7.11 Å². The maximum absolute atomic E-state index is 12.8. The van der Waals surface area contributed by atoms with E-state index in [2.05, 4.69) is 75.9 Å². The molecule has 0 atom stereocenters. The van der Waals surface area contributed by atoms with Crippen molar-refractivity contribution in [3.63, 3.8) is 0 Å². The Kier molecular flexibility index (Phi) is 6.43. The number of aromatic nitrogens is 2. The lowest BCUT2D eigenvalue weighted by atomic mass is 9.84. The second-order valence-corrected chi connectivity index (χ2v) is 10.4. The van der Waals surface area contributed by atoms with Crippen LogP contribution in [0.2, 0.25) is 0 Å². The highest BCUT2D eigenvalue weighted by atomic mass is 16.5. The first-order chi connectivity index (χ1) is 18.1. The van der Waals surface area contributed by atoms with Crippen LogP contribution in [0.5, 0.6) is 5.75 Å². The fourth-order valence-electron chi connectivity index (χ4n) is 5.49. The summed E-state index contributed by atoms with van der Waals surface area (Å²) in [6.45, 7) is 6.25. The van der Waals surface area contributed by atoms with Gasteiger partial charge in [-0.3, -0.25) is 9.69 Å². The van der Waals surface area contributed by atoms with Crippen LogP contribution in [-0.2, 0) is 11.3 Å². The minimum atomic E-state index is 0.269. The van der Waals surface area contributed by atoms with Crippen LogP contribution in [0.15, 0.2) is 66.9 Å². The third-order valence-corrected chi connectivity index (χ3v) is 7.92. The molecule has 1 saturated carbocycles. The van der Waals surface area contributed by atoms with Crippen LogP contribution in [0.1, 0.15) is 30.5 Å². The molecule has 3 heterocycles. The fourth-order valence-corrected chi connectivity index (χ4v) is 5.49. The topological polar surface area (TPSA) is 50.1 Å². The molecule has 2 aromatic heterocycles. The van der Waals surface area contributed by atoms with E-state index < -0.39 is 0 Å². The number of carbonyl (C=O) groups excluding carboxylic acids is 1. The highest BCUT2D eigenvalue weighted by molar-refractivity contribution is 5.79. The molecular weight excluding hydrogens is 460 g/mol. The average molecular weight is 495 g/mol. The number of rotatable bonds is 6. The van der Waals surface area contributed by atoms with Gasteiger partial charge in [-0.1, -0.05) is 48.4 Å². The lowest BCUT2D eigenvalue weighted by molar-refractivity contribution is -0.140. The van der Waals surface area contributed by atoms with Crippen LogP contribution in [0.4, 0.5) is 0 Å². The Morgan fingerprint density at radius 3 is 2.46 bits per heavy atom. The van der Waals surface area contributed by atoms with Gasteiger partial charge in [0, 0.05) is 50.4 Å². The zero-order valence-electron chi connectivity index (χ0n) is 21.7. The van der Waals surface area contributed by atoms with Crippen molar-refractivity contribution >= 4 is 11.6 Å². The number of carbonyl (C=O) groups is 1. The van der Waals surface area contributed by atoms with Crippen LogP contribution in [0.3, 0.4) is 0 Å². The summed E-state index contributed by atoms with van der Waals surface area (Å²) in [6, 6.07) is 21.0. The lowest BCUT2D eigenvalue weighted by Crippen LogP contribution is -2.50. The third-order valence-electron chi connectivity index (χ3n) is 7.92. The first-order valence-corrected chi connectivity index (χ1v) is 13.3. The Labute approximate surface area is 218 Å². The molecule has 0 spiro atoms. The molecule has 1 aliphatic heterocycles. The summed E-state index contributed by atoms with van der Waals surface area (Å²) in [5, 5.41) is 0. The van der Waals surface area contributed by atoms with Crippen molar-refractivity contribution in [1.82, 2.24) is 19.2 Å². The van der Waals surface area contributed by atoms with Crippen LogP contribution in [0, 0.1) is 12.8 Å². The van der Waals surface area contributed by atoms with E-state index in [1.165, 1.54) is 23.1 Å². The number of hydrogen-bond acceptors (Lipinski definition) is 4. The SMILES string of the molecule is COc1cccc(-c2nc3ccc(-c4cccc(C)c4)cn3c2CN2CCN(C(=O)C3CCC3)CC2)c1. The van der Waals surface area contributed by atoms with E-state index >= 15 is 0 Å². The smallest absolute Gasteiger partial charge is 0.225 e. The summed E-state index contributed by atoms with van der Waals surface area (Å²) in [4.78, 5) is 22.4. The number of aryl methyl sites for hydroxylation is 1. The monoisotopic (exact) mass is 494 g/mol. The molecule has 2 aliphatic rings. The quantitative estimate of drug-likeness (QED) is 0.359. The molecule has 0 N–H and O–H groups in total. The number of amides is 1. The van der Waals surface area contributed by atoms with Crippen molar-refractivity contribution in [2.45, 2.75) is 32.7 Å². The molecule has 0 bridgehead atoms. The largest absolute Gasteiger partial charge is 0.497 e. The number of piperazine rings is 1. The molecule has 6 rings (SSSR count). The van der Waals surface area contributed by atoms with E-state index in [1.807, 2.05) is 12.1 Å². The number of ether oxygens (including phenoxy) is 1. The molecule has 4 aromatic rings. The Bertz CT molecular complexity index is 1430. The van der Waals surface area contributed by atoms with E-state index in [0.717, 1.165) is 73.9 Å². The standard InChI is InChI=1S/C31H34N4O2/c1-22-6-3-9-24(18-22)26-12-13-29-32-30(25-10-5-11-27(19-25)37-2)28(35(29)20-26)21-33-14-16-34(17-15-33)31(36)23-7-4-8-23/h3,5-6,9-13,18-20,23H,4,7-8,14-17,21H2,1-2H3. The van der Waals surface area contributed by atoms with Gasteiger partial charge in [0.25, 0.3) is 0 Å². The first kappa shape index (κ1) is 23.7. The molecule has 0 unspecified atom stereocenters. The lowest BCUT2D eigenvalue weighted by Gasteiger charge is -2.38. The van der Waals surface area contributed by atoms with Gasteiger partial charge in [0.05, 0.1) is 18.5 Å². The van der Waals surface area contributed by atoms with Crippen molar-refractivity contribution < 1.29 is 9.53 Å². The van der Waals surface area contributed by atoms with Crippen LogP contribution in [-0.4, -0.2) is 58.4 Å². The molecule has 1 saturated heterocycles. The van der Waals surface area contributed by atoms with E-state index in [9.17, 15) is 4.79 Å². The molecule has 2 aromatic carbocycles. The maximum atomic E-state index is 12.8. The van der Waals surface area contributed by atoms with Crippen LogP contribution in [0.25, 0.3) is 28.0 Å². The Hall–Kier alpha value is -3.64. The number of nitrogens with zero attached hydrogens (tertiary/aromatic N) is 4. The number of methoxy groups -OCH3 is 1. The summed E-state index contributed by atoms with van der Waals surface area (Å²) < 4.78 is 7.76. The van der Waals surface area contributed by atoms with Crippen LogP contribution < -0.4 is 4.74 Å². The van der Waals surface area contributed by atoms with Crippen molar-refractivity contribution in [1.29, 1.82) is 0 Å². The molecule has 2 fully saturated rings. The zero-order valence-corrected chi connectivity index (χ0v) is 21.7. The Morgan fingerprint density at radius 2 is 1.73 bits per heavy atom. The summed E-state index contributed by atoms with van der Waals surface area (Å²) in [7, 11) is 1.70. The highest BCUT2D eigenvalue weighted by Crippen LogP contribution is 2.31. The Morgan fingerprint density at radius 1 is 0.946 bits per heavy atom. The van der Waals surface area contributed by atoms with Crippen molar-refractivity contribution in [2.75, 3.05) is 33.3 Å². The van der Waals surface area contributed by atoms with Gasteiger partial charge in [-0.25, -0.2) is 4.98 Å². The minimum Gasteiger partial charge on any atom is -0.497 e. The molecule has 1 amide bonds. The van der Waals surface area contributed by atoms with Gasteiger partial charge in [-0.05, 0) is 55.2 Å². The van der Waals surface area contributed by atoms with Gasteiger partial charge in [0.2, 0.25) is 5.91 Å². The minimum absolute atomic E-state index is 0.269. The molecule has 0 radical (unpaired) electrons. The van der Waals surface area contributed by atoms with Crippen molar-refractivity contribution in [3.8, 4) is 28.1 Å². The predicted octanol–water partition coefficient (Wildman–Crippen LogP) is 5.43.